The number of aliphatic carboxylic acids is 1. The molecule has 2 aromatic carbocycles. The summed E-state index contributed by atoms with van der Waals surface area (Å²) in [5, 5.41) is 24.5. The first-order valence-corrected chi connectivity index (χ1v) is 10.2. The number of primary amides is 1. The fourth-order valence-corrected chi connectivity index (χ4v) is 3.21. The Bertz CT molecular complexity index is 919. The van der Waals surface area contributed by atoms with Gasteiger partial charge in [-0.15, -0.1) is 0 Å². The average molecular weight is 444 g/mol. The summed E-state index contributed by atoms with van der Waals surface area (Å²) in [6.07, 6.45) is 1.16. The Morgan fingerprint density at radius 1 is 1.06 bits per heavy atom. The number of phenols is 1. The van der Waals surface area contributed by atoms with E-state index in [2.05, 4.69) is 10.6 Å². The summed E-state index contributed by atoms with van der Waals surface area (Å²) in [5.74, 6) is -1.99. The molecule has 0 saturated carbocycles. The van der Waals surface area contributed by atoms with Crippen molar-refractivity contribution in [3.8, 4) is 11.5 Å². The molecule has 0 radical (unpaired) electrons. The number of carbonyl (C=O) groups excluding carboxylic acids is 2. The zero-order valence-electron chi connectivity index (χ0n) is 17.9. The summed E-state index contributed by atoms with van der Waals surface area (Å²) < 4.78 is 5.08. The largest absolute Gasteiger partial charge is 0.504 e. The highest BCUT2D eigenvalue weighted by molar-refractivity contribution is 5.89. The first-order valence-electron chi connectivity index (χ1n) is 10.2. The minimum Gasteiger partial charge on any atom is -0.504 e. The predicted molar refractivity (Wildman–Crippen MR) is 118 cm³/mol. The van der Waals surface area contributed by atoms with E-state index in [-0.39, 0.29) is 18.6 Å². The molecule has 0 bridgehead atoms. The number of carboxylic acid groups (broad SMARTS) is 1. The summed E-state index contributed by atoms with van der Waals surface area (Å²) in [5.41, 5.74) is 7.12. The monoisotopic (exact) mass is 443 g/mol. The molecule has 0 fully saturated rings. The molecule has 2 atom stereocenters. The molecule has 0 aliphatic rings. The molecular formula is C23H29N3O6. The first-order chi connectivity index (χ1) is 15.3. The third-order valence-corrected chi connectivity index (χ3v) is 4.93. The number of hydrogen-bond acceptors (Lipinski definition) is 6. The number of aryl methyl sites for hydroxylation is 1. The van der Waals surface area contributed by atoms with Crippen LogP contribution in [0.3, 0.4) is 0 Å². The molecule has 2 aromatic rings. The van der Waals surface area contributed by atoms with Gasteiger partial charge >= 0.3 is 5.97 Å². The number of nitrogens with two attached hydrogens (primary N) is 1. The van der Waals surface area contributed by atoms with Crippen LogP contribution in [0.15, 0.2) is 48.5 Å². The standard InChI is InChI=1S/C23H29N3O6/c1-32-20-13-16(9-10-19(20)27)8-5-11-25-17(22(24)29)14-21(28)26-18(23(30)31)12-15-6-3-2-4-7-15/h2-4,6-7,9-10,13,17-18,25,27H,5,8,11-12,14H2,1H3,(H2,24,29)(H,26,28)(H,30,31)/t17-,18-/m0/s1. The number of nitrogens with one attached hydrogen (secondary N) is 2. The zero-order chi connectivity index (χ0) is 23.5. The van der Waals surface area contributed by atoms with Crippen LogP contribution in [0.2, 0.25) is 0 Å². The second-order valence-corrected chi connectivity index (χ2v) is 7.37. The van der Waals surface area contributed by atoms with Gasteiger partial charge in [0.2, 0.25) is 11.8 Å². The Morgan fingerprint density at radius 2 is 1.78 bits per heavy atom. The van der Waals surface area contributed by atoms with Crippen LogP contribution in [0.1, 0.15) is 24.0 Å². The number of methoxy groups -OCH3 is 1. The maximum Gasteiger partial charge on any atom is 0.326 e. The smallest absolute Gasteiger partial charge is 0.326 e. The lowest BCUT2D eigenvalue weighted by molar-refractivity contribution is -0.141. The molecule has 0 spiro atoms. The summed E-state index contributed by atoms with van der Waals surface area (Å²) in [7, 11) is 1.47. The number of carbonyl (C=O) groups is 3. The molecule has 9 nitrogen and oxygen atoms in total. The van der Waals surface area contributed by atoms with Crippen molar-refractivity contribution in [2.75, 3.05) is 13.7 Å². The molecule has 0 unspecified atom stereocenters. The van der Waals surface area contributed by atoms with E-state index >= 15 is 0 Å². The van der Waals surface area contributed by atoms with Crippen LogP contribution in [0.25, 0.3) is 0 Å². The summed E-state index contributed by atoms with van der Waals surface area (Å²) in [6.45, 7) is 0.413. The van der Waals surface area contributed by atoms with Crippen molar-refractivity contribution in [2.24, 2.45) is 5.73 Å². The molecule has 32 heavy (non-hydrogen) atoms. The van der Waals surface area contributed by atoms with Gasteiger partial charge in [0, 0.05) is 6.42 Å². The van der Waals surface area contributed by atoms with Crippen LogP contribution in [-0.4, -0.2) is 53.7 Å². The average Bonchev–Trinajstić information content (AvgIpc) is 2.76. The highest BCUT2D eigenvalue weighted by Crippen LogP contribution is 2.26. The van der Waals surface area contributed by atoms with Gasteiger partial charge in [0.1, 0.15) is 6.04 Å². The number of rotatable bonds is 13. The van der Waals surface area contributed by atoms with E-state index in [1.54, 1.807) is 42.5 Å². The lowest BCUT2D eigenvalue weighted by atomic mass is 10.1. The predicted octanol–water partition coefficient (Wildman–Crippen LogP) is 0.979. The Morgan fingerprint density at radius 3 is 2.41 bits per heavy atom. The van der Waals surface area contributed by atoms with Gasteiger partial charge in [-0.05, 0) is 42.6 Å². The van der Waals surface area contributed by atoms with E-state index in [1.165, 1.54) is 7.11 Å². The highest BCUT2D eigenvalue weighted by atomic mass is 16.5. The van der Waals surface area contributed by atoms with Gasteiger partial charge in [-0.25, -0.2) is 4.79 Å². The summed E-state index contributed by atoms with van der Waals surface area (Å²) in [6, 6.07) is 12.0. The van der Waals surface area contributed by atoms with E-state index < -0.39 is 29.9 Å². The van der Waals surface area contributed by atoms with Crippen molar-refractivity contribution in [1.29, 1.82) is 0 Å². The molecule has 9 heteroatoms. The lowest BCUT2D eigenvalue weighted by Crippen LogP contribution is -2.48. The van der Waals surface area contributed by atoms with Crippen molar-refractivity contribution < 1.29 is 29.3 Å². The maximum absolute atomic E-state index is 12.4. The van der Waals surface area contributed by atoms with Gasteiger partial charge in [0.25, 0.3) is 0 Å². The van der Waals surface area contributed by atoms with Crippen molar-refractivity contribution in [3.05, 3.63) is 59.7 Å². The van der Waals surface area contributed by atoms with Gasteiger partial charge in [-0.1, -0.05) is 36.4 Å². The molecule has 172 valence electrons. The normalized spacial score (nSPS) is 12.5. The summed E-state index contributed by atoms with van der Waals surface area (Å²) >= 11 is 0. The number of hydrogen-bond donors (Lipinski definition) is 5. The van der Waals surface area contributed by atoms with Gasteiger partial charge in [0.05, 0.1) is 19.6 Å². The molecule has 0 aliphatic heterocycles. The Kier molecular flexibility index (Phi) is 9.49. The Balaban J connectivity index is 1.84. The van der Waals surface area contributed by atoms with Gasteiger partial charge < -0.3 is 31.3 Å². The number of phenolic OH excluding ortho intramolecular Hbond substituents is 1. The minimum absolute atomic E-state index is 0.0566. The number of aromatic hydroxyl groups is 1. The maximum atomic E-state index is 12.4. The molecule has 0 saturated heterocycles. The Labute approximate surface area is 186 Å². The number of ether oxygens (including phenoxy) is 1. The molecule has 2 rings (SSSR count). The van der Waals surface area contributed by atoms with E-state index in [0.29, 0.717) is 25.1 Å². The third kappa shape index (κ3) is 7.92. The second-order valence-electron chi connectivity index (χ2n) is 7.37. The minimum atomic E-state index is -1.16. The van der Waals surface area contributed by atoms with Crippen LogP contribution in [0.5, 0.6) is 11.5 Å². The van der Waals surface area contributed by atoms with Crippen molar-refractivity contribution >= 4 is 17.8 Å². The highest BCUT2D eigenvalue weighted by Gasteiger charge is 2.24. The van der Waals surface area contributed by atoms with Gasteiger partial charge in [-0.2, -0.15) is 0 Å². The van der Waals surface area contributed by atoms with Crippen molar-refractivity contribution in [2.45, 2.75) is 37.8 Å². The quantitative estimate of drug-likeness (QED) is 0.290. The molecule has 6 N–H and O–H groups in total. The van der Waals surface area contributed by atoms with Crippen LogP contribution < -0.4 is 21.1 Å². The number of amides is 2. The van der Waals surface area contributed by atoms with Crippen molar-refractivity contribution in [1.82, 2.24) is 10.6 Å². The molecule has 0 aliphatic carbocycles. The van der Waals surface area contributed by atoms with E-state index in [4.69, 9.17) is 10.5 Å². The van der Waals surface area contributed by atoms with Crippen LogP contribution >= 0.6 is 0 Å². The second kappa shape index (κ2) is 12.3. The van der Waals surface area contributed by atoms with Gasteiger partial charge in [-0.3, -0.25) is 9.59 Å². The third-order valence-electron chi connectivity index (χ3n) is 4.93. The lowest BCUT2D eigenvalue weighted by Gasteiger charge is -2.18. The first kappa shape index (κ1) is 24.7. The molecule has 0 heterocycles. The topological polar surface area (TPSA) is 151 Å². The van der Waals surface area contributed by atoms with E-state index in [1.807, 2.05) is 6.07 Å². The fraction of sp³-hybridized carbons (Fsp3) is 0.348. The SMILES string of the molecule is COc1cc(CCCN[C@@H](CC(=O)N[C@@H](Cc2ccccc2)C(=O)O)C(N)=O)ccc1O. The number of carboxylic acids is 1. The van der Waals surface area contributed by atoms with Crippen LogP contribution in [0, 0.1) is 0 Å². The van der Waals surface area contributed by atoms with Gasteiger partial charge in [0.15, 0.2) is 11.5 Å². The fourth-order valence-electron chi connectivity index (χ4n) is 3.21. The molecule has 0 aromatic heterocycles. The molecular weight excluding hydrogens is 414 g/mol. The van der Waals surface area contributed by atoms with Crippen LogP contribution in [-0.2, 0) is 27.2 Å². The summed E-state index contributed by atoms with van der Waals surface area (Å²) in [4.78, 5) is 35.6. The van der Waals surface area contributed by atoms with E-state index in [0.717, 1.165) is 11.1 Å². The molecule has 2 amide bonds. The van der Waals surface area contributed by atoms with E-state index in [9.17, 15) is 24.6 Å². The Hall–Kier alpha value is -3.59. The van der Waals surface area contributed by atoms with Crippen LogP contribution in [0.4, 0.5) is 0 Å². The number of benzene rings is 2. The van der Waals surface area contributed by atoms with Crippen molar-refractivity contribution in [3.63, 3.8) is 0 Å². The zero-order valence-corrected chi connectivity index (χ0v) is 17.9.